The highest BCUT2D eigenvalue weighted by molar-refractivity contribution is 7.09. The van der Waals surface area contributed by atoms with Gasteiger partial charge in [0, 0.05) is 18.0 Å². The minimum atomic E-state index is -0.595. The van der Waals surface area contributed by atoms with Crippen LogP contribution < -0.4 is 16.4 Å². The average molecular weight is 270 g/mol. The molecule has 0 fully saturated rings. The third-order valence-electron chi connectivity index (χ3n) is 2.13. The number of nitrogens with zero attached hydrogens (tertiary/aromatic N) is 1. The van der Waals surface area contributed by atoms with E-state index in [1.165, 1.54) is 11.3 Å². The molecular formula is C11H18N4O2S. The second kappa shape index (κ2) is 6.46. The van der Waals surface area contributed by atoms with E-state index in [0.717, 1.165) is 0 Å². The molecule has 1 heterocycles. The first-order valence-corrected chi connectivity index (χ1v) is 6.57. The summed E-state index contributed by atoms with van der Waals surface area (Å²) in [6.45, 7) is 5.66. The predicted molar refractivity (Wildman–Crippen MR) is 70.2 cm³/mol. The molecular weight excluding hydrogens is 252 g/mol. The van der Waals surface area contributed by atoms with Crippen LogP contribution in [0.4, 0.5) is 0 Å². The Bertz CT molecular complexity index is 430. The molecule has 0 saturated heterocycles. The highest BCUT2D eigenvalue weighted by Gasteiger charge is 2.18. The van der Waals surface area contributed by atoms with Crippen molar-refractivity contribution in [3.8, 4) is 0 Å². The van der Waals surface area contributed by atoms with E-state index in [4.69, 9.17) is 5.73 Å². The molecule has 0 aromatic carbocycles. The zero-order valence-corrected chi connectivity index (χ0v) is 11.5. The van der Waals surface area contributed by atoms with Crippen molar-refractivity contribution in [3.05, 3.63) is 16.1 Å². The highest BCUT2D eigenvalue weighted by Crippen LogP contribution is 2.08. The molecule has 1 rings (SSSR count). The zero-order valence-electron chi connectivity index (χ0n) is 10.7. The van der Waals surface area contributed by atoms with Crippen LogP contribution in [0.15, 0.2) is 5.38 Å². The molecule has 0 saturated carbocycles. The summed E-state index contributed by atoms with van der Waals surface area (Å²) in [6.07, 6.45) is 0. The first-order chi connectivity index (χ1) is 8.43. The number of hydrogen-bond acceptors (Lipinski definition) is 5. The van der Waals surface area contributed by atoms with Crippen LogP contribution in [-0.2, 0) is 11.3 Å². The Hall–Kier alpha value is -1.47. The number of carbonyl (C=O) groups is 2. The van der Waals surface area contributed by atoms with Gasteiger partial charge in [0.15, 0.2) is 0 Å². The SMILES string of the molecule is CC(C)NC(=O)C(C)NC(=O)c1csc(CN)n1. The Balaban J connectivity index is 2.56. The van der Waals surface area contributed by atoms with Gasteiger partial charge < -0.3 is 16.4 Å². The number of nitrogens with two attached hydrogens (primary N) is 1. The van der Waals surface area contributed by atoms with Crippen LogP contribution in [0.3, 0.4) is 0 Å². The summed E-state index contributed by atoms with van der Waals surface area (Å²) in [4.78, 5) is 27.5. The van der Waals surface area contributed by atoms with Gasteiger partial charge in [-0.1, -0.05) is 0 Å². The smallest absolute Gasteiger partial charge is 0.271 e. The zero-order chi connectivity index (χ0) is 13.7. The van der Waals surface area contributed by atoms with Gasteiger partial charge in [-0.25, -0.2) is 4.98 Å². The van der Waals surface area contributed by atoms with Crippen molar-refractivity contribution in [3.63, 3.8) is 0 Å². The lowest BCUT2D eigenvalue weighted by atomic mass is 10.2. The molecule has 1 aromatic heterocycles. The van der Waals surface area contributed by atoms with Gasteiger partial charge in [0.05, 0.1) is 0 Å². The van der Waals surface area contributed by atoms with E-state index in [9.17, 15) is 9.59 Å². The fraction of sp³-hybridized carbons (Fsp3) is 0.545. The van der Waals surface area contributed by atoms with Crippen molar-refractivity contribution in [2.75, 3.05) is 0 Å². The maximum absolute atomic E-state index is 11.8. The minimum absolute atomic E-state index is 0.0416. The van der Waals surface area contributed by atoms with Crippen LogP contribution >= 0.6 is 11.3 Å². The molecule has 0 aliphatic rings. The van der Waals surface area contributed by atoms with E-state index in [2.05, 4.69) is 15.6 Å². The summed E-state index contributed by atoms with van der Waals surface area (Å²) in [5.41, 5.74) is 5.72. The molecule has 1 atom stereocenters. The molecule has 4 N–H and O–H groups in total. The molecule has 0 aliphatic heterocycles. The number of hydrogen-bond donors (Lipinski definition) is 3. The Morgan fingerprint density at radius 2 is 2.06 bits per heavy atom. The van der Waals surface area contributed by atoms with E-state index < -0.39 is 6.04 Å². The third-order valence-corrected chi connectivity index (χ3v) is 3.00. The second-order valence-electron chi connectivity index (χ2n) is 4.19. The topological polar surface area (TPSA) is 97.1 Å². The van der Waals surface area contributed by atoms with Crippen molar-refractivity contribution in [1.82, 2.24) is 15.6 Å². The van der Waals surface area contributed by atoms with Gasteiger partial charge in [0.1, 0.15) is 16.7 Å². The van der Waals surface area contributed by atoms with E-state index in [1.54, 1.807) is 12.3 Å². The molecule has 7 heteroatoms. The molecule has 2 amide bonds. The average Bonchev–Trinajstić information content (AvgIpc) is 2.76. The lowest BCUT2D eigenvalue weighted by molar-refractivity contribution is -0.123. The van der Waals surface area contributed by atoms with Crippen LogP contribution in [-0.4, -0.2) is 28.9 Å². The molecule has 0 radical (unpaired) electrons. The van der Waals surface area contributed by atoms with Gasteiger partial charge in [0.2, 0.25) is 5.91 Å². The van der Waals surface area contributed by atoms with Crippen molar-refractivity contribution < 1.29 is 9.59 Å². The molecule has 0 aliphatic carbocycles. The Morgan fingerprint density at radius 1 is 1.39 bits per heavy atom. The maximum atomic E-state index is 11.8. The molecule has 100 valence electrons. The Morgan fingerprint density at radius 3 is 2.56 bits per heavy atom. The van der Waals surface area contributed by atoms with E-state index >= 15 is 0 Å². The first kappa shape index (κ1) is 14.6. The normalized spacial score (nSPS) is 12.3. The number of thiazole rings is 1. The molecule has 1 aromatic rings. The molecule has 6 nitrogen and oxygen atoms in total. The van der Waals surface area contributed by atoms with Crippen molar-refractivity contribution in [1.29, 1.82) is 0 Å². The quantitative estimate of drug-likeness (QED) is 0.714. The van der Waals surface area contributed by atoms with Gasteiger partial charge in [-0.2, -0.15) is 0 Å². The Labute approximate surface area is 110 Å². The predicted octanol–water partition coefficient (Wildman–Crippen LogP) is 0.245. The molecule has 0 bridgehead atoms. The minimum Gasteiger partial charge on any atom is -0.352 e. The van der Waals surface area contributed by atoms with Crippen LogP contribution in [0, 0.1) is 0 Å². The van der Waals surface area contributed by atoms with E-state index in [1.807, 2.05) is 13.8 Å². The highest BCUT2D eigenvalue weighted by atomic mass is 32.1. The van der Waals surface area contributed by atoms with Crippen molar-refractivity contribution >= 4 is 23.2 Å². The number of rotatable bonds is 5. The second-order valence-corrected chi connectivity index (χ2v) is 5.13. The molecule has 1 unspecified atom stereocenters. The fourth-order valence-electron chi connectivity index (χ4n) is 1.25. The van der Waals surface area contributed by atoms with Crippen molar-refractivity contribution in [2.45, 2.75) is 39.4 Å². The maximum Gasteiger partial charge on any atom is 0.271 e. The van der Waals surface area contributed by atoms with Gasteiger partial charge in [-0.05, 0) is 20.8 Å². The van der Waals surface area contributed by atoms with Gasteiger partial charge in [0.25, 0.3) is 5.91 Å². The summed E-state index contributed by atoms with van der Waals surface area (Å²) >= 11 is 1.33. The summed E-state index contributed by atoms with van der Waals surface area (Å²) in [5, 5.41) is 7.64. The summed E-state index contributed by atoms with van der Waals surface area (Å²) in [5.74, 6) is -0.579. The number of carbonyl (C=O) groups excluding carboxylic acids is 2. The van der Waals surface area contributed by atoms with Gasteiger partial charge >= 0.3 is 0 Å². The summed E-state index contributed by atoms with van der Waals surface area (Å²) in [7, 11) is 0. The summed E-state index contributed by atoms with van der Waals surface area (Å²) in [6, 6.07) is -0.553. The lowest BCUT2D eigenvalue weighted by Crippen LogP contribution is -2.46. The molecule has 18 heavy (non-hydrogen) atoms. The van der Waals surface area contributed by atoms with E-state index in [0.29, 0.717) is 17.2 Å². The van der Waals surface area contributed by atoms with Crippen LogP contribution in [0.1, 0.15) is 36.3 Å². The van der Waals surface area contributed by atoms with Gasteiger partial charge in [-0.15, -0.1) is 11.3 Å². The summed E-state index contributed by atoms with van der Waals surface area (Å²) < 4.78 is 0. The van der Waals surface area contributed by atoms with Crippen LogP contribution in [0.5, 0.6) is 0 Å². The van der Waals surface area contributed by atoms with Crippen molar-refractivity contribution in [2.24, 2.45) is 5.73 Å². The standard InChI is InChI=1S/C11H18N4O2S/c1-6(2)13-10(16)7(3)14-11(17)8-5-18-9(4-12)15-8/h5-7H,4,12H2,1-3H3,(H,13,16)(H,14,17). The lowest BCUT2D eigenvalue weighted by Gasteiger charge is -2.15. The first-order valence-electron chi connectivity index (χ1n) is 5.69. The fourth-order valence-corrected chi connectivity index (χ4v) is 1.91. The molecule has 0 spiro atoms. The number of amides is 2. The monoisotopic (exact) mass is 270 g/mol. The largest absolute Gasteiger partial charge is 0.352 e. The van der Waals surface area contributed by atoms with Gasteiger partial charge in [-0.3, -0.25) is 9.59 Å². The Kier molecular flexibility index (Phi) is 5.24. The number of aromatic nitrogens is 1. The van der Waals surface area contributed by atoms with E-state index in [-0.39, 0.29) is 17.9 Å². The van der Waals surface area contributed by atoms with Crippen LogP contribution in [0.2, 0.25) is 0 Å². The number of nitrogens with one attached hydrogen (secondary N) is 2. The van der Waals surface area contributed by atoms with Crippen LogP contribution in [0.25, 0.3) is 0 Å². The third kappa shape index (κ3) is 4.08.